The van der Waals surface area contributed by atoms with Gasteiger partial charge >= 0.3 is 17.9 Å². The molecule has 218 valence electrons. The molecule has 0 saturated heterocycles. The van der Waals surface area contributed by atoms with Crippen molar-refractivity contribution in [1.82, 2.24) is 34.4 Å². The highest BCUT2D eigenvalue weighted by atomic mass is 16.5. The lowest BCUT2D eigenvalue weighted by Crippen LogP contribution is -2.20. The Labute approximate surface area is 238 Å². The first kappa shape index (κ1) is 29.4. The van der Waals surface area contributed by atoms with Crippen molar-refractivity contribution >= 4 is 17.7 Å². The Kier molecular flexibility index (Phi) is 8.84. The average Bonchev–Trinajstić information content (AvgIpc) is 3.47. The van der Waals surface area contributed by atoms with Gasteiger partial charge in [0.1, 0.15) is 5.69 Å². The van der Waals surface area contributed by atoms with Crippen molar-refractivity contribution in [2.24, 2.45) is 14.1 Å². The fourth-order valence-corrected chi connectivity index (χ4v) is 5.01. The number of methoxy groups -OCH3 is 1. The predicted molar refractivity (Wildman–Crippen MR) is 148 cm³/mol. The normalized spacial score (nSPS) is 14.3. The second-order valence-electron chi connectivity index (χ2n) is 9.72. The smallest absolute Gasteiger partial charge is 0.359 e. The van der Waals surface area contributed by atoms with Crippen LogP contribution in [0.3, 0.4) is 0 Å². The third-order valence-corrected chi connectivity index (χ3v) is 6.69. The Morgan fingerprint density at radius 3 is 2.05 bits per heavy atom. The maximum atomic E-state index is 12.5. The maximum Gasteiger partial charge on any atom is 0.359 e. The van der Waals surface area contributed by atoms with Crippen molar-refractivity contribution in [3.05, 3.63) is 51.7 Å². The molecule has 0 unspecified atom stereocenters. The first-order chi connectivity index (χ1) is 19.6. The van der Waals surface area contributed by atoms with Gasteiger partial charge in [0.05, 0.1) is 31.7 Å². The minimum atomic E-state index is -0.461. The summed E-state index contributed by atoms with van der Waals surface area (Å²) >= 11 is 0. The molecule has 0 fully saturated rings. The molecule has 2 aliphatic carbocycles. The highest BCUT2D eigenvalue weighted by molar-refractivity contribution is 6.11. The van der Waals surface area contributed by atoms with Crippen LogP contribution in [-0.4, -0.2) is 86.6 Å². The van der Waals surface area contributed by atoms with E-state index in [0.717, 1.165) is 40.9 Å². The molecule has 41 heavy (non-hydrogen) atoms. The monoisotopic (exact) mass is 565 g/mol. The number of nitrogens with zero attached hydrogens (tertiary/aromatic N) is 7. The molecule has 0 amide bonds. The van der Waals surface area contributed by atoms with E-state index in [9.17, 15) is 14.4 Å². The molecule has 13 nitrogen and oxygen atoms in total. The lowest BCUT2D eigenvalue weighted by molar-refractivity contribution is 0.0508. The van der Waals surface area contributed by atoms with E-state index in [2.05, 4.69) is 20.2 Å². The zero-order chi connectivity index (χ0) is 29.8. The quantitative estimate of drug-likeness (QED) is 0.321. The number of ether oxygens (including phenoxy) is 3. The number of aryl methyl sites for hydroxylation is 3. The molecule has 0 aliphatic heterocycles. The van der Waals surface area contributed by atoms with Gasteiger partial charge in [0.25, 0.3) is 0 Å². The minimum absolute atomic E-state index is 0.0644. The molecular formula is C28H35N7O6. The van der Waals surface area contributed by atoms with Crippen LogP contribution in [0.15, 0.2) is 18.0 Å². The fourth-order valence-electron chi connectivity index (χ4n) is 5.01. The third-order valence-electron chi connectivity index (χ3n) is 6.69. The Morgan fingerprint density at radius 1 is 0.927 bits per heavy atom. The van der Waals surface area contributed by atoms with Gasteiger partial charge in [0.15, 0.2) is 11.4 Å². The third kappa shape index (κ3) is 5.83. The number of rotatable bonds is 6. The van der Waals surface area contributed by atoms with E-state index in [-0.39, 0.29) is 17.4 Å². The van der Waals surface area contributed by atoms with Gasteiger partial charge in [-0.15, -0.1) is 0 Å². The minimum Gasteiger partial charge on any atom is -0.467 e. The fraction of sp³-hybridized carbons (Fsp3) is 0.464. The zero-order valence-corrected chi connectivity index (χ0v) is 24.5. The highest BCUT2D eigenvalue weighted by Gasteiger charge is 2.32. The Balaban J connectivity index is 0.000000189. The van der Waals surface area contributed by atoms with Crippen LogP contribution < -0.4 is 4.74 Å². The molecule has 0 N–H and O–H groups in total. The number of carbonyl (C=O) groups is 3. The summed E-state index contributed by atoms with van der Waals surface area (Å²) in [4.78, 5) is 46.7. The van der Waals surface area contributed by atoms with Gasteiger partial charge in [0, 0.05) is 57.3 Å². The van der Waals surface area contributed by atoms with Gasteiger partial charge in [-0.05, 0) is 45.1 Å². The van der Waals surface area contributed by atoms with Crippen molar-refractivity contribution < 1.29 is 28.6 Å². The van der Waals surface area contributed by atoms with Crippen LogP contribution in [0.25, 0.3) is 11.4 Å². The first-order valence-electron chi connectivity index (χ1n) is 13.4. The molecule has 0 saturated carbocycles. The van der Waals surface area contributed by atoms with Crippen LogP contribution in [-0.2, 0) is 42.8 Å². The number of hydrogen-bond donors (Lipinski definition) is 0. The maximum absolute atomic E-state index is 12.5. The summed E-state index contributed by atoms with van der Waals surface area (Å²) < 4.78 is 18.3. The van der Waals surface area contributed by atoms with Gasteiger partial charge < -0.3 is 19.1 Å². The second kappa shape index (κ2) is 12.3. The molecule has 0 radical (unpaired) electrons. The predicted octanol–water partition coefficient (Wildman–Crippen LogP) is 2.33. The van der Waals surface area contributed by atoms with E-state index >= 15 is 0 Å². The van der Waals surface area contributed by atoms with Crippen molar-refractivity contribution in [2.45, 2.75) is 39.5 Å². The topological polar surface area (TPSA) is 144 Å². The van der Waals surface area contributed by atoms with Gasteiger partial charge in [-0.1, -0.05) is 0 Å². The van der Waals surface area contributed by atoms with E-state index < -0.39 is 5.97 Å². The van der Waals surface area contributed by atoms with Gasteiger partial charge in [0.2, 0.25) is 5.78 Å². The molecule has 0 spiro atoms. The Hall–Kier alpha value is -4.55. The average molecular weight is 566 g/mol. The SMILES string of the molecule is CCOC(=O)c1nn(C)c2c1CC/C(=C/N(C)C)C2=O.CCOC(=O)c1nn(C)c2c1CCc1cnc(OC)nc1-2. The van der Waals surface area contributed by atoms with Crippen molar-refractivity contribution in [1.29, 1.82) is 0 Å². The van der Waals surface area contributed by atoms with Gasteiger partial charge in [-0.2, -0.15) is 15.2 Å². The number of esters is 2. The summed E-state index contributed by atoms with van der Waals surface area (Å²) in [6.07, 6.45) is 6.32. The van der Waals surface area contributed by atoms with E-state index in [4.69, 9.17) is 14.2 Å². The van der Waals surface area contributed by atoms with E-state index in [1.54, 1.807) is 38.8 Å². The van der Waals surface area contributed by atoms with Crippen molar-refractivity contribution in [2.75, 3.05) is 34.4 Å². The molecule has 3 aromatic heterocycles. The molecule has 2 aliphatic rings. The number of allylic oxidation sites excluding steroid dienone is 1. The molecule has 3 aromatic rings. The molecule has 0 aromatic carbocycles. The molecule has 0 atom stereocenters. The Morgan fingerprint density at radius 2 is 1.49 bits per heavy atom. The van der Waals surface area contributed by atoms with Crippen LogP contribution in [0.2, 0.25) is 0 Å². The van der Waals surface area contributed by atoms with Crippen LogP contribution in [0.4, 0.5) is 0 Å². The number of fused-ring (bicyclic) bond motifs is 4. The Bertz CT molecular complexity index is 1520. The lowest BCUT2D eigenvalue weighted by Gasteiger charge is -2.17. The van der Waals surface area contributed by atoms with Crippen LogP contribution >= 0.6 is 0 Å². The summed E-state index contributed by atoms with van der Waals surface area (Å²) in [5.41, 5.74) is 6.08. The van der Waals surface area contributed by atoms with E-state index in [1.807, 2.05) is 25.2 Å². The number of ketones is 1. The zero-order valence-electron chi connectivity index (χ0n) is 24.5. The molecule has 13 heteroatoms. The summed E-state index contributed by atoms with van der Waals surface area (Å²) in [7, 11) is 8.76. The van der Waals surface area contributed by atoms with Crippen LogP contribution in [0.5, 0.6) is 6.01 Å². The molecule has 0 bridgehead atoms. The van der Waals surface area contributed by atoms with E-state index in [1.165, 1.54) is 11.8 Å². The largest absolute Gasteiger partial charge is 0.467 e. The standard InChI is InChI=1S/C14H16N4O3.C14H19N3O3/c1-4-21-13(19)11-9-6-5-8-7-15-14(20-3)16-10(8)12(9)18(2)17-11;1-5-20-14(19)11-10-7-6-9(8-16(2)3)13(18)12(10)17(4)15-11/h7H,4-6H2,1-3H3;8H,5-7H2,1-4H3/b;9-8-. The summed E-state index contributed by atoms with van der Waals surface area (Å²) in [5, 5.41) is 8.46. The van der Waals surface area contributed by atoms with Crippen molar-refractivity contribution in [3.8, 4) is 17.4 Å². The van der Waals surface area contributed by atoms with Crippen LogP contribution in [0.1, 0.15) is 68.4 Å². The van der Waals surface area contributed by atoms with Crippen LogP contribution in [0, 0.1) is 0 Å². The first-order valence-corrected chi connectivity index (χ1v) is 13.4. The van der Waals surface area contributed by atoms with Crippen molar-refractivity contribution in [3.63, 3.8) is 0 Å². The van der Waals surface area contributed by atoms with E-state index in [0.29, 0.717) is 49.0 Å². The number of aromatic nitrogens is 6. The second-order valence-corrected chi connectivity index (χ2v) is 9.72. The number of Topliss-reactive ketones (excluding diaryl/α,β-unsaturated/α-hetero) is 1. The summed E-state index contributed by atoms with van der Waals surface area (Å²) in [6.45, 7) is 4.15. The highest BCUT2D eigenvalue weighted by Crippen LogP contribution is 2.34. The summed E-state index contributed by atoms with van der Waals surface area (Å²) in [5.74, 6) is -0.915. The lowest BCUT2D eigenvalue weighted by atomic mass is 9.90. The number of carbonyl (C=O) groups excluding carboxylic acids is 3. The van der Waals surface area contributed by atoms with Gasteiger partial charge in [-0.25, -0.2) is 14.6 Å². The molecular weight excluding hydrogens is 530 g/mol. The number of hydrogen-bond acceptors (Lipinski definition) is 11. The summed E-state index contributed by atoms with van der Waals surface area (Å²) in [6, 6.07) is 0.306. The van der Waals surface area contributed by atoms with Gasteiger partial charge in [-0.3, -0.25) is 14.2 Å². The molecule has 3 heterocycles. The molecule has 5 rings (SSSR count).